The highest BCUT2D eigenvalue weighted by molar-refractivity contribution is 5.86. The minimum atomic E-state index is -4.71. The van der Waals surface area contributed by atoms with E-state index < -0.39 is 17.6 Å². The van der Waals surface area contributed by atoms with Crippen LogP contribution in [0, 0.1) is 5.92 Å². The van der Waals surface area contributed by atoms with E-state index in [1.807, 2.05) is 0 Å². The fraction of sp³-hybridized carbons (Fsp3) is 0.875. The van der Waals surface area contributed by atoms with Crippen LogP contribution in [0.25, 0.3) is 0 Å². The van der Waals surface area contributed by atoms with E-state index in [2.05, 4.69) is 5.32 Å². The van der Waals surface area contributed by atoms with Crippen molar-refractivity contribution in [2.45, 2.75) is 31.5 Å². The van der Waals surface area contributed by atoms with Gasteiger partial charge in [-0.05, 0) is 25.7 Å². The van der Waals surface area contributed by atoms with Crippen molar-refractivity contribution in [2.75, 3.05) is 6.54 Å². The Hall–Kier alpha value is -0.780. The lowest BCUT2D eigenvalue weighted by Crippen LogP contribution is -2.61. The molecule has 0 heterocycles. The van der Waals surface area contributed by atoms with E-state index in [9.17, 15) is 18.0 Å². The van der Waals surface area contributed by atoms with Gasteiger partial charge in [-0.2, -0.15) is 13.2 Å². The number of halogens is 3. The first-order valence-corrected chi connectivity index (χ1v) is 4.39. The van der Waals surface area contributed by atoms with Gasteiger partial charge in [0.15, 0.2) is 5.54 Å². The van der Waals surface area contributed by atoms with Crippen molar-refractivity contribution in [2.24, 2.45) is 11.7 Å². The zero-order valence-corrected chi connectivity index (χ0v) is 7.82. The zero-order chi connectivity index (χ0) is 11.0. The van der Waals surface area contributed by atoms with E-state index in [0.717, 1.165) is 12.8 Å². The zero-order valence-electron chi connectivity index (χ0n) is 7.82. The van der Waals surface area contributed by atoms with Gasteiger partial charge in [-0.25, -0.2) is 0 Å². The molecule has 0 aromatic carbocycles. The summed E-state index contributed by atoms with van der Waals surface area (Å²) in [4.78, 5) is 11.1. The predicted octanol–water partition coefficient (Wildman–Crippen LogP) is 0.792. The molecule has 0 spiro atoms. The van der Waals surface area contributed by atoms with Gasteiger partial charge in [-0.3, -0.25) is 4.79 Å². The van der Waals surface area contributed by atoms with Crippen LogP contribution >= 0.6 is 0 Å². The van der Waals surface area contributed by atoms with Crippen molar-refractivity contribution < 1.29 is 18.0 Å². The Morgan fingerprint density at radius 2 is 2.00 bits per heavy atom. The smallest absolute Gasteiger partial charge is 0.354 e. The molecule has 1 atom stereocenters. The van der Waals surface area contributed by atoms with Gasteiger partial charge in [-0.1, -0.05) is 0 Å². The number of carbonyl (C=O) groups is 1. The number of carbonyl (C=O) groups excluding carboxylic acids is 1. The molecule has 1 unspecified atom stereocenters. The lowest BCUT2D eigenvalue weighted by Gasteiger charge is -2.26. The van der Waals surface area contributed by atoms with Gasteiger partial charge in [0.05, 0.1) is 0 Å². The molecule has 1 amide bonds. The highest BCUT2D eigenvalue weighted by Gasteiger charge is 2.53. The summed E-state index contributed by atoms with van der Waals surface area (Å²) in [5.41, 5.74) is 2.12. The standard InChI is InChI=1S/C8H13F3N2O/c1-7(12,8(9,10)11)6(14)13-4-5-2-3-5/h5H,2-4,12H2,1H3,(H,13,14). The molecular formula is C8H13F3N2O. The number of nitrogens with two attached hydrogens (primary N) is 1. The molecule has 0 saturated heterocycles. The van der Waals surface area contributed by atoms with E-state index in [0.29, 0.717) is 19.4 Å². The maximum absolute atomic E-state index is 12.2. The average Bonchev–Trinajstić information content (AvgIpc) is 2.80. The molecule has 14 heavy (non-hydrogen) atoms. The topological polar surface area (TPSA) is 55.1 Å². The Labute approximate surface area is 79.8 Å². The molecule has 1 aliphatic carbocycles. The molecule has 3 N–H and O–H groups in total. The molecule has 0 aromatic rings. The van der Waals surface area contributed by atoms with Crippen molar-refractivity contribution in [3.8, 4) is 0 Å². The summed E-state index contributed by atoms with van der Waals surface area (Å²) < 4.78 is 36.7. The van der Waals surface area contributed by atoms with Crippen LogP contribution in [-0.2, 0) is 4.79 Å². The number of rotatable bonds is 3. The number of hydrogen-bond acceptors (Lipinski definition) is 2. The second-order valence-electron chi connectivity index (χ2n) is 3.85. The summed E-state index contributed by atoms with van der Waals surface area (Å²) >= 11 is 0. The van der Waals surface area contributed by atoms with Crippen molar-refractivity contribution >= 4 is 5.91 Å². The van der Waals surface area contributed by atoms with E-state index in [4.69, 9.17) is 5.73 Å². The largest absolute Gasteiger partial charge is 0.415 e. The maximum Gasteiger partial charge on any atom is 0.415 e. The first-order valence-electron chi connectivity index (χ1n) is 4.39. The fourth-order valence-corrected chi connectivity index (χ4v) is 0.871. The van der Waals surface area contributed by atoms with Crippen LogP contribution < -0.4 is 11.1 Å². The molecule has 1 rings (SSSR count). The molecule has 82 valence electrons. The van der Waals surface area contributed by atoms with Crippen LogP contribution in [0.2, 0.25) is 0 Å². The van der Waals surface area contributed by atoms with Crippen LogP contribution in [0.1, 0.15) is 19.8 Å². The van der Waals surface area contributed by atoms with Crippen LogP contribution in [0.15, 0.2) is 0 Å². The van der Waals surface area contributed by atoms with Gasteiger partial charge >= 0.3 is 6.18 Å². The molecule has 1 aliphatic rings. The third-order valence-corrected chi connectivity index (χ3v) is 2.31. The summed E-state index contributed by atoms with van der Waals surface area (Å²) in [6.45, 7) is 0.969. The second kappa shape index (κ2) is 3.42. The molecule has 3 nitrogen and oxygen atoms in total. The van der Waals surface area contributed by atoms with E-state index in [1.54, 1.807) is 0 Å². The van der Waals surface area contributed by atoms with Gasteiger partial charge in [0.1, 0.15) is 0 Å². The number of alkyl halides is 3. The molecule has 1 saturated carbocycles. The van der Waals surface area contributed by atoms with E-state index in [-0.39, 0.29) is 0 Å². The molecule has 0 bridgehead atoms. The SMILES string of the molecule is CC(N)(C(=O)NCC1CC1)C(F)(F)F. The predicted molar refractivity (Wildman–Crippen MR) is 44.4 cm³/mol. The first kappa shape index (κ1) is 11.3. The maximum atomic E-state index is 12.2. The minimum Gasteiger partial charge on any atom is -0.354 e. The quantitative estimate of drug-likeness (QED) is 0.723. The van der Waals surface area contributed by atoms with Gasteiger partial charge in [-0.15, -0.1) is 0 Å². The lowest BCUT2D eigenvalue weighted by atomic mass is 10.0. The minimum absolute atomic E-state index is 0.293. The van der Waals surface area contributed by atoms with Crippen LogP contribution in [-0.4, -0.2) is 24.2 Å². The summed E-state index contributed by atoms with van der Waals surface area (Å²) in [5, 5.41) is 2.21. The normalized spacial score (nSPS) is 21.5. The summed E-state index contributed by atoms with van der Waals surface area (Å²) in [5.74, 6) is -0.820. The molecule has 1 fully saturated rings. The number of nitrogens with one attached hydrogen (secondary N) is 1. The van der Waals surface area contributed by atoms with Gasteiger partial charge in [0, 0.05) is 6.54 Å². The van der Waals surface area contributed by atoms with Crippen LogP contribution in [0.4, 0.5) is 13.2 Å². The van der Waals surface area contributed by atoms with Crippen molar-refractivity contribution in [1.82, 2.24) is 5.32 Å². The van der Waals surface area contributed by atoms with Gasteiger partial charge in [0.2, 0.25) is 5.91 Å². The fourth-order valence-electron chi connectivity index (χ4n) is 0.871. The average molecular weight is 210 g/mol. The Morgan fingerprint density at radius 3 is 2.36 bits per heavy atom. The highest BCUT2D eigenvalue weighted by Crippen LogP contribution is 2.30. The van der Waals surface area contributed by atoms with Crippen molar-refractivity contribution in [3.63, 3.8) is 0 Å². The molecule has 0 radical (unpaired) electrons. The third-order valence-electron chi connectivity index (χ3n) is 2.31. The Balaban J connectivity index is 2.48. The van der Waals surface area contributed by atoms with Crippen molar-refractivity contribution in [1.29, 1.82) is 0 Å². The van der Waals surface area contributed by atoms with Crippen LogP contribution in [0.5, 0.6) is 0 Å². The van der Waals surface area contributed by atoms with E-state index in [1.165, 1.54) is 0 Å². The van der Waals surface area contributed by atoms with E-state index >= 15 is 0 Å². The number of amides is 1. The van der Waals surface area contributed by atoms with Crippen molar-refractivity contribution in [3.05, 3.63) is 0 Å². The first-order chi connectivity index (χ1) is 6.25. The summed E-state index contributed by atoms with van der Waals surface area (Å²) in [6, 6.07) is 0. The Morgan fingerprint density at radius 1 is 1.50 bits per heavy atom. The van der Waals surface area contributed by atoms with Crippen LogP contribution in [0.3, 0.4) is 0 Å². The van der Waals surface area contributed by atoms with Gasteiger partial charge < -0.3 is 11.1 Å². The van der Waals surface area contributed by atoms with Gasteiger partial charge in [0.25, 0.3) is 0 Å². The summed E-state index contributed by atoms with van der Waals surface area (Å²) in [7, 11) is 0. The Kier molecular flexibility index (Phi) is 2.76. The summed E-state index contributed by atoms with van der Waals surface area (Å²) in [6.07, 6.45) is -2.78. The number of hydrogen-bond donors (Lipinski definition) is 2. The lowest BCUT2D eigenvalue weighted by molar-refractivity contribution is -0.187. The highest BCUT2D eigenvalue weighted by atomic mass is 19.4. The molecule has 0 aromatic heterocycles. The third kappa shape index (κ3) is 2.37. The Bertz CT molecular complexity index is 233. The monoisotopic (exact) mass is 210 g/mol. The second-order valence-corrected chi connectivity index (χ2v) is 3.85. The molecule has 0 aliphatic heterocycles. The molecule has 6 heteroatoms. The molecular weight excluding hydrogens is 197 g/mol.